The molecule has 6 heteroatoms. The Morgan fingerprint density at radius 2 is 1.75 bits per heavy atom. The molecule has 2 aromatic carbocycles. The number of para-hydroxylation sites is 1. The number of fused-ring (bicyclic) bond motifs is 1. The molecule has 4 nitrogen and oxygen atoms in total. The van der Waals surface area contributed by atoms with Gasteiger partial charge in [0, 0.05) is 5.69 Å². The number of rotatable bonds is 2. The van der Waals surface area contributed by atoms with Gasteiger partial charge in [-0.3, -0.25) is 9.59 Å². The number of anilines is 3. The van der Waals surface area contributed by atoms with E-state index in [1.165, 1.54) is 0 Å². The van der Waals surface area contributed by atoms with Crippen molar-refractivity contribution < 1.29 is 18.4 Å². The van der Waals surface area contributed by atoms with Crippen LogP contribution in [0.25, 0.3) is 0 Å². The van der Waals surface area contributed by atoms with Crippen molar-refractivity contribution in [3.05, 3.63) is 53.6 Å². The zero-order valence-electron chi connectivity index (χ0n) is 10.0. The van der Waals surface area contributed by atoms with E-state index in [9.17, 15) is 18.4 Å². The number of ketones is 1. The molecule has 0 atom stereocenters. The number of hydrogen-bond acceptors (Lipinski definition) is 3. The molecule has 0 bridgehead atoms. The molecule has 1 amide bonds. The normalized spacial score (nSPS) is 13.1. The zero-order chi connectivity index (χ0) is 14.3. The third-order valence-electron chi connectivity index (χ3n) is 2.95. The lowest BCUT2D eigenvalue weighted by molar-refractivity contribution is -0.112. The van der Waals surface area contributed by atoms with Gasteiger partial charge in [-0.2, -0.15) is 0 Å². The standard InChI is InChI=1S/C14H8F2N2O2/c15-9-6-8-11(18-14(20)13(8)19)10(16)12(9)17-7-4-2-1-3-5-7/h1-6,17H,(H,18,19,20). The number of benzene rings is 2. The van der Waals surface area contributed by atoms with Crippen molar-refractivity contribution in [2.24, 2.45) is 0 Å². The van der Waals surface area contributed by atoms with Crippen LogP contribution in [-0.4, -0.2) is 11.7 Å². The molecule has 1 aliphatic rings. The van der Waals surface area contributed by atoms with Crippen molar-refractivity contribution >= 4 is 28.8 Å². The minimum atomic E-state index is -0.997. The van der Waals surface area contributed by atoms with Gasteiger partial charge in [-0.05, 0) is 18.2 Å². The molecule has 0 unspecified atom stereocenters. The van der Waals surface area contributed by atoms with Crippen LogP contribution < -0.4 is 10.6 Å². The number of hydrogen-bond donors (Lipinski definition) is 2. The molecule has 0 fully saturated rings. The van der Waals surface area contributed by atoms with Gasteiger partial charge < -0.3 is 10.6 Å². The average Bonchev–Trinajstić information content (AvgIpc) is 2.73. The van der Waals surface area contributed by atoms with E-state index in [1.54, 1.807) is 30.3 Å². The summed E-state index contributed by atoms with van der Waals surface area (Å²) in [7, 11) is 0. The summed E-state index contributed by atoms with van der Waals surface area (Å²) in [4.78, 5) is 22.6. The van der Waals surface area contributed by atoms with Gasteiger partial charge in [0.2, 0.25) is 0 Å². The first kappa shape index (κ1) is 12.3. The lowest BCUT2D eigenvalue weighted by Gasteiger charge is -2.11. The van der Waals surface area contributed by atoms with Crippen molar-refractivity contribution in [3.8, 4) is 0 Å². The van der Waals surface area contributed by atoms with Gasteiger partial charge in [-0.1, -0.05) is 18.2 Å². The monoisotopic (exact) mass is 274 g/mol. The molecule has 0 saturated heterocycles. The fourth-order valence-electron chi connectivity index (χ4n) is 1.99. The summed E-state index contributed by atoms with van der Waals surface area (Å²) >= 11 is 0. The van der Waals surface area contributed by atoms with Crippen LogP contribution >= 0.6 is 0 Å². The van der Waals surface area contributed by atoms with E-state index in [2.05, 4.69) is 10.6 Å². The Hall–Kier alpha value is -2.76. The molecule has 20 heavy (non-hydrogen) atoms. The Kier molecular flexibility index (Phi) is 2.71. The summed E-state index contributed by atoms with van der Waals surface area (Å²) in [5.41, 5.74) is -0.505. The van der Waals surface area contributed by atoms with E-state index in [4.69, 9.17) is 0 Å². The van der Waals surface area contributed by atoms with Crippen LogP contribution in [-0.2, 0) is 4.79 Å². The zero-order valence-corrected chi connectivity index (χ0v) is 10.0. The number of carbonyl (C=O) groups excluding carboxylic acids is 2. The van der Waals surface area contributed by atoms with Crippen LogP contribution in [0.2, 0.25) is 0 Å². The Labute approximate surface area is 112 Å². The summed E-state index contributed by atoms with van der Waals surface area (Å²) in [5, 5.41) is 4.69. The highest BCUT2D eigenvalue weighted by molar-refractivity contribution is 6.51. The lowest BCUT2D eigenvalue weighted by atomic mass is 10.1. The minimum absolute atomic E-state index is 0.288. The molecule has 0 spiro atoms. The second-order valence-electron chi connectivity index (χ2n) is 4.24. The highest BCUT2D eigenvalue weighted by Crippen LogP contribution is 2.34. The molecule has 1 aliphatic heterocycles. The molecule has 2 aromatic rings. The summed E-state index contributed by atoms with van der Waals surface area (Å²) in [5.74, 6) is -3.84. The van der Waals surface area contributed by atoms with Crippen molar-refractivity contribution in [1.82, 2.24) is 0 Å². The van der Waals surface area contributed by atoms with Gasteiger partial charge in [0.25, 0.3) is 11.7 Å². The smallest absolute Gasteiger partial charge is 0.296 e. The van der Waals surface area contributed by atoms with Crippen LogP contribution in [0.4, 0.5) is 25.8 Å². The number of carbonyl (C=O) groups is 2. The maximum atomic E-state index is 14.2. The van der Waals surface area contributed by atoms with Crippen LogP contribution in [0.15, 0.2) is 36.4 Å². The molecule has 0 radical (unpaired) electrons. The van der Waals surface area contributed by atoms with E-state index in [-0.39, 0.29) is 11.3 Å². The van der Waals surface area contributed by atoms with Gasteiger partial charge in [0.1, 0.15) is 5.69 Å². The van der Waals surface area contributed by atoms with Crippen molar-refractivity contribution in [2.75, 3.05) is 10.6 Å². The molecule has 100 valence electrons. The molecular weight excluding hydrogens is 266 g/mol. The second kappa shape index (κ2) is 4.41. The van der Waals surface area contributed by atoms with Crippen molar-refractivity contribution in [3.63, 3.8) is 0 Å². The number of Topliss-reactive ketones (excluding diaryl/α,β-unsaturated/α-hetero) is 1. The molecule has 1 heterocycles. The Balaban J connectivity index is 2.08. The van der Waals surface area contributed by atoms with Crippen LogP contribution in [0.3, 0.4) is 0 Å². The molecule has 0 aliphatic carbocycles. The largest absolute Gasteiger partial charge is 0.351 e. The minimum Gasteiger partial charge on any atom is -0.351 e. The van der Waals surface area contributed by atoms with Gasteiger partial charge in [-0.15, -0.1) is 0 Å². The molecular formula is C14H8F2N2O2. The van der Waals surface area contributed by atoms with Crippen molar-refractivity contribution in [2.45, 2.75) is 0 Å². The van der Waals surface area contributed by atoms with E-state index in [0.29, 0.717) is 5.69 Å². The molecule has 3 rings (SSSR count). The second-order valence-corrected chi connectivity index (χ2v) is 4.24. The SMILES string of the molecule is O=C1Nc2c(cc(F)c(Nc3ccccc3)c2F)C1=O. The van der Waals surface area contributed by atoms with E-state index in [0.717, 1.165) is 6.07 Å². The average molecular weight is 274 g/mol. The topological polar surface area (TPSA) is 58.2 Å². The van der Waals surface area contributed by atoms with Crippen LogP contribution in [0, 0.1) is 11.6 Å². The van der Waals surface area contributed by atoms with Gasteiger partial charge >= 0.3 is 0 Å². The van der Waals surface area contributed by atoms with Gasteiger partial charge in [0.15, 0.2) is 11.6 Å². The van der Waals surface area contributed by atoms with E-state index in [1.807, 2.05) is 0 Å². The summed E-state index contributed by atoms with van der Waals surface area (Å²) < 4.78 is 28.1. The van der Waals surface area contributed by atoms with Crippen molar-refractivity contribution in [1.29, 1.82) is 0 Å². The molecule has 2 N–H and O–H groups in total. The van der Waals surface area contributed by atoms with Crippen LogP contribution in [0.5, 0.6) is 0 Å². The first-order chi connectivity index (χ1) is 9.58. The van der Waals surface area contributed by atoms with Crippen LogP contribution in [0.1, 0.15) is 10.4 Å². The molecule has 0 saturated carbocycles. The summed E-state index contributed by atoms with van der Waals surface area (Å²) in [6, 6.07) is 9.29. The number of halogens is 2. The Morgan fingerprint density at radius 1 is 1.05 bits per heavy atom. The quantitative estimate of drug-likeness (QED) is 0.828. The predicted octanol–water partition coefficient (Wildman–Crippen LogP) is 2.84. The third kappa shape index (κ3) is 1.82. The third-order valence-corrected chi connectivity index (χ3v) is 2.95. The fourth-order valence-corrected chi connectivity index (χ4v) is 1.99. The fraction of sp³-hybridized carbons (Fsp3) is 0. The first-order valence-corrected chi connectivity index (χ1v) is 5.77. The summed E-state index contributed by atoms with van der Waals surface area (Å²) in [6.07, 6.45) is 0. The van der Waals surface area contributed by atoms with Gasteiger partial charge in [0.05, 0.1) is 11.3 Å². The predicted molar refractivity (Wildman–Crippen MR) is 69.0 cm³/mol. The summed E-state index contributed by atoms with van der Waals surface area (Å²) in [6.45, 7) is 0. The van der Waals surface area contributed by atoms with E-state index < -0.39 is 29.0 Å². The Morgan fingerprint density at radius 3 is 2.45 bits per heavy atom. The highest BCUT2D eigenvalue weighted by atomic mass is 19.1. The Bertz CT molecular complexity index is 730. The molecule has 0 aromatic heterocycles. The maximum Gasteiger partial charge on any atom is 0.296 e. The highest BCUT2D eigenvalue weighted by Gasteiger charge is 2.33. The first-order valence-electron chi connectivity index (χ1n) is 5.77. The number of nitrogens with one attached hydrogen (secondary N) is 2. The van der Waals surface area contributed by atoms with E-state index >= 15 is 0 Å². The maximum absolute atomic E-state index is 14.2. The lowest BCUT2D eigenvalue weighted by Crippen LogP contribution is -2.12. The number of amides is 1. The van der Waals surface area contributed by atoms with Gasteiger partial charge in [-0.25, -0.2) is 8.78 Å².